The second-order valence-corrected chi connectivity index (χ2v) is 8.56. The fourth-order valence-electron chi connectivity index (χ4n) is 3.82. The minimum absolute atomic E-state index is 0.00811. The number of ether oxygens (including phenoxy) is 1. The maximum absolute atomic E-state index is 11.9. The average molecular weight is 374 g/mol. The van der Waals surface area contributed by atoms with Crippen LogP contribution in [0, 0.1) is 0 Å². The van der Waals surface area contributed by atoms with E-state index in [0.29, 0.717) is 19.4 Å². The van der Waals surface area contributed by atoms with Crippen LogP contribution >= 0.6 is 0 Å². The summed E-state index contributed by atoms with van der Waals surface area (Å²) in [6.07, 6.45) is 4.26. The van der Waals surface area contributed by atoms with Gasteiger partial charge in [0, 0.05) is 43.5 Å². The molecule has 1 aliphatic carbocycles. The lowest BCUT2D eigenvalue weighted by Gasteiger charge is -2.34. The molecule has 148 valence electrons. The fraction of sp³-hybridized carbons (Fsp3) is 0.700. The van der Waals surface area contributed by atoms with Gasteiger partial charge < -0.3 is 10.1 Å². The largest absolute Gasteiger partial charge is 0.378 e. The number of hydrogen-bond donors (Lipinski definition) is 1. The molecule has 0 aromatic carbocycles. The Labute approximate surface area is 160 Å². The van der Waals surface area contributed by atoms with E-state index in [1.807, 2.05) is 6.07 Å². The number of nitrogens with one attached hydrogen (secondary N) is 1. The molecule has 1 aromatic heterocycles. The monoisotopic (exact) mass is 374 g/mol. The van der Waals surface area contributed by atoms with Crippen LogP contribution in [0.2, 0.25) is 0 Å². The Balaban J connectivity index is 1.65. The van der Waals surface area contributed by atoms with Gasteiger partial charge in [0.25, 0.3) is 0 Å². The van der Waals surface area contributed by atoms with Crippen molar-refractivity contribution in [3.05, 3.63) is 17.6 Å². The molecular weight excluding hydrogens is 344 g/mol. The number of hydrogen-bond acceptors (Lipinski definition) is 6. The van der Waals surface area contributed by atoms with Crippen molar-refractivity contribution >= 4 is 17.6 Å². The van der Waals surface area contributed by atoms with Gasteiger partial charge in [0.2, 0.25) is 11.8 Å². The number of aromatic nitrogens is 2. The van der Waals surface area contributed by atoms with Gasteiger partial charge in [-0.05, 0) is 25.7 Å². The molecule has 0 atom stereocenters. The number of imide groups is 1. The van der Waals surface area contributed by atoms with E-state index < -0.39 is 0 Å². The van der Waals surface area contributed by atoms with Crippen molar-refractivity contribution < 1.29 is 14.3 Å². The molecule has 1 N–H and O–H groups in total. The zero-order valence-corrected chi connectivity index (χ0v) is 16.7. The highest BCUT2D eigenvalue weighted by Crippen LogP contribution is 2.29. The minimum Gasteiger partial charge on any atom is -0.378 e. The SMILES string of the molecule is COCc1cc(NC2CCC(N3C(=O)CCC3=O)CC2)nc(C(C)(C)C)n1. The van der Waals surface area contributed by atoms with E-state index >= 15 is 0 Å². The summed E-state index contributed by atoms with van der Waals surface area (Å²) in [6.45, 7) is 6.74. The first-order valence-electron chi connectivity index (χ1n) is 9.76. The Kier molecular flexibility index (Phi) is 5.79. The second-order valence-electron chi connectivity index (χ2n) is 8.56. The second kappa shape index (κ2) is 7.92. The molecule has 2 aliphatic rings. The van der Waals surface area contributed by atoms with E-state index in [4.69, 9.17) is 9.72 Å². The number of methoxy groups -OCH3 is 1. The van der Waals surface area contributed by atoms with Crippen molar-refractivity contribution in [1.29, 1.82) is 0 Å². The summed E-state index contributed by atoms with van der Waals surface area (Å²) in [5.41, 5.74) is 0.718. The third-order valence-electron chi connectivity index (χ3n) is 5.25. The summed E-state index contributed by atoms with van der Waals surface area (Å²) >= 11 is 0. The molecule has 0 bridgehead atoms. The molecule has 3 rings (SSSR count). The zero-order valence-electron chi connectivity index (χ0n) is 16.7. The molecule has 2 heterocycles. The summed E-state index contributed by atoms with van der Waals surface area (Å²) in [7, 11) is 1.66. The van der Waals surface area contributed by atoms with Crippen LogP contribution in [0.5, 0.6) is 0 Å². The lowest BCUT2D eigenvalue weighted by molar-refractivity contribution is -0.141. The van der Waals surface area contributed by atoms with Gasteiger partial charge in [-0.15, -0.1) is 0 Å². The number of amides is 2. The van der Waals surface area contributed by atoms with Gasteiger partial charge in [-0.2, -0.15) is 0 Å². The van der Waals surface area contributed by atoms with Crippen molar-refractivity contribution in [2.45, 2.75) is 83.4 Å². The zero-order chi connectivity index (χ0) is 19.6. The average Bonchev–Trinajstić information content (AvgIpc) is 2.94. The molecule has 1 aliphatic heterocycles. The van der Waals surface area contributed by atoms with Crippen LogP contribution < -0.4 is 5.32 Å². The van der Waals surface area contributed by atoms with Crippen LogP contribution in [0.4, 0.5) is 5.82 Å². The molecule has 0 spiro atoms. The normalized spacial score (nSPS) is 23.8. The predicted octanol–water partition coefficient (Wildman–Crippen LogP) is 2.79. The molecule has 0 unspecified atom stereocenters. The topological polar surface area (TPSA) is 84.4 Å². The van der Waals surface area contributed by atoms with Crippen LogP contribution in [0.25, 0.3) is 0 Å². The van der Waals surface area contributed by atoms with Crippen LogP contribution in [0.3, 0.4) is 0 Å². The van der Waals surface area contributed by atoms with E-state index in [1.54, 1.807) is 7.11 Å². The van der Waals surface area contributed by atoms with E-state index in [-0.39, 0.29) is 29.3 Å². The maximum Gasteiger partial charge on any atom is 0.229 e. The highest BCUT2D eigenvalue weighted by atomic mass is 16.5. The molecule has 7 nitrogen and oxygen atoms in total. The molecule has 27 heavy (non-hydrogen) atoms. The Hall–Kier alpha value is -2.02. The predicted molar refractivity (Wildman–Crippen MR) is 102 cm³/mol. The van der Waals surface area contributed by atoms with E-state index in [1.165, 1.54) is 4.90 Å². The van der Waals surface area contributed by atoms with Gasteiger partial charge in [-0.1, -0.05) is 20.8 Å². The first-order valence-corrected chi connectivity index (χ1v) is 9.76. The van der Waals surface area contributed by atoms with Gasteiger partial charge in [0.1, 0.15) is 11.6 Å². The number of likely N-dealkylation sites (tertiary alicyclic amines) is 1. The fourth-order valence-corrected chi connectivity index (χ4v) is 3.82. The Bertz CT molecular complexity index is 690. The van der Waals surface area contributed by atoms with Crippen LogP contribution in [-0.4, -0.2) is 45.9 Å². The molecule has 0 radical (unpaired) electrons. The highest BCUT2D eigenvalue weighted by Gasteiger charge is 2.36. The summed E-state index contributed by atoms with van der Waals surface area (Å²) in [6, 6.07) is 2.29. The minimum atomic E-state index is -0.145. The first-order chi connectivity index (χ1) is 12.8. The lowest BCUT2D eigenvalue weighted by Crippen LogP contribution is -2.43. The van der Waals surface area contributed by atoms with Gasteiger partial charge in [0.15, 0.2) is 0 Å². The number of rotatable bonds is 5. The van der Waals surface area contributed by atoms with Crippen molar-refractivity contribution in [2.24, 2.45) is 0 Å². The Morgan fingerprint density at radius 2 is 1.74 bits per heavy atom. The Morgan fingerprint density at radius 3 is 2.30 bits per heavy atom. The van der Waals surface area contributed by atoms with Crippen LogP contribution in [0.15, 0.2) is 6.07 Å². The van der Waals surface area contributed by atoms with Crippen molar-refractivity contribution in [3.63, 3.8) is 0 Å². The summed E-state index contributed by atoms with van der Waals surface area (Å²) in [4.78, 5) is 34.7. The van der Waals surface area contributed by atoms with Crippen molar-refractivity contribution in [2.75, 3.05) is 12.4 Å². The summed E-state index contributed by atoms with van der Waals surface area (Å²) in [5, 5.41) is 3.53. The molecule has 1 saturated carbocycles. The molecular formula is C20H30N4O3. The molecule has 7 heteroatoms. The van der Waals surface area contributed by atoms with E-state index in [0.717, 1.165) is 43.0 Å². The van der Waals surface area contributed by atoms with E-state index in [2.05, 4.69) is 31.1 Å². The van der Waals surface area contributed by atoms with Crippen molar-refractivity contribution in [1.82, 2.24) is 14.9 Å². The quantitative estimate of drug-likeness (QED) is 0.798. The number of anilines is 1. The third kappa shape index (κ3) is 4.64. The maximum atomic E-state index is 11.9. The molecule has 2 amide bonds. The standard InChI is InChI=1S/C20H30N4O3/c1-20(2,3)19-22-14(12-27-4)11-16(23-19)21-13-5-7-15(8-6-13)24-17(25)9-10-18(24)26/h11,13,15H,5-10,12H2,1-4H3,(H,21,22,23). The van der Waals surface area contributed by atoms with Crippen LogP contribution in [-0.2, 0) is 26.3 Å². The summed E-state index contributed by atoms with van der Waals surface area (Å²) < 4.78 is 5.24. The molecule has 1 saturated heterocycles. The Morgan fingerprint density at radius 1 is 1.11 bits per heavy atom. The summed E-state index contributed by atoms with van der Waals surface area (Å²) in [5.74, 6) is 1.60. The van der Waals surface area contributed by atoms with Crippen LogP contribution in [0.1, 0.15) is 70.8 Å². The molecule has 1 aromatic rings. The van der Waals surface area contributed by atoms with Gasteiger partial charge >= 0.3 is 0 Å². The lowest BCUT2D eigenvalue weighted by atomic mass is 9.90. The smallest absolute Gasteiger partial charge is 0.229 e. The number of nitrogens with zero attached hydrogens (tertiary/aromatic N) is 3. The first kappa shape index (κ1) is 19.7. The number of carbonyl (C=O) groups excluding carboxylic acids is 2. The third-order valence-corrected chi connectivity index (χ3v) is 5.25. The number of carbonyl (C=O) groups is 2. The van der Waals surface area contributed by atoms with Gasteiger partial charge in [-0.25, -0.2) is 9.97 Å². The van der Waals surface area contributed by atoms with Crippen molar-refractivity contribution in [3.8, 4) is 0 Å². The highest BCUT2D eigenvalue weighted by molar-refractivity contribution is 6.02. The van der Waals surface area contributed by atoms with Gasteiger partial charge in [-0.3, -0.25) is 14.5 Å². The van der Waals surface area contributed by atoms with Gasteiger partial charge in [0.05, 0.1) is 12.3 Å². The molecule has 2 fully saturated rings. The van der Waals surface area contributed by atoms with E-state index in [9.17, 15) is 9.59 Å².